The lowest BCUT2D eigenvalue weighted by atomic mass is 10.1. The highest BCUT2D eigenvalue weighted by atomic mass is 16.5. The monoisotopic (exact) mass is 226 g/mol. The van der Waals surface area contributed by atoms with Gasteiger partial charge in [-0.25, -0.2) is 0 Å². The summed E-state index contributed by atoms with van der Waals surface area (Å²) in [6, 6.07) is 3.37. The highest BCUT2D eigenvalue weighted by Gasteiger charge is 2.08. The van der Waals surface area contributed by atoms with Crippen molar-refractivity contribution in [2.75, 3.05) is 6.61 Å². The summed E-state index contributed by atoms with van der Waals surface area (Å²) >= 11 is 0. The molecule has 4 heteroatoms. The van der Waals surface area contributed by atoms with Gasteiger partial charge in [0.25, 0.3) is 0 Å². The molecule has 90 valence electrons. The molecule has 0 aliphatic rings. The second-order valence-electron chi connectivity index (χ2n) is 3.63. The molecule has 3 N–H and O–H groups in total. The zero-order chi connectivity index (χ0) is 12.0. The Balaban J connectivity index is 2.84. The van der Waals surface area contributed by atoms with Crippen LogP contribution in [-0.2, 0) is 24.6 Å². The lowest BCUT2D eigenvalue weighted by Gasteiger charge is -2.10. The highest BCUT2D eigenvalue weighted by molar-refractivity contribution is 5.43. The van der Waals surface area contributed by atoms with Gasteiger partial charge in [-0.15, -0.1) is 0 Å². The molecule has 0 radical (unpaired) electrons. The van der Waals surface area contributed by atoms with Crippen molar-refractivity contribution in [3.05, 3.63) is 28.8 Å². The summed E-state index contributed by atoms with van der Waals surface area (Å²) in [4.78, 5) is 0. The van der Waals surface area contributed by atoms with Crippen molar-refractivity contribution in [2.24, 2.45) is 0 Å². The van der Waals surface area contributed by atoms with E-state index >= 15 is 0 Å². The smallest absolute Gasteiger partial charge is 0.126 e. The van der Waals surface area contributed by atoms with Crippen LogP contribution in [0, 0.1) is 0 Å². The van der Waals surface area contributed by atoms with Crippen LogP contribution in [0.3, 0.4) is 0 Å². The van der Waals surface area contributed by atoms with Gasteiger partial charge in [-0.05, 0) is 24.1 Å². The molecule has 0 fully saturated rings. The van der Waals surface area contributed by atoms with E-state index in [9.17, 15) is 5.11 Å². The number of ether oxygens (including phenoxy) is 1. The molecule has 0 spiro atoms. The number of aromatic hydroxyl groups is 1. The molecule has 0 aromatic heterocycles. The van der Waals surface area contributed by atoms with Gasteiger partial charge in [0.1, 0.15) is 5.75 Å². The van der Waals surface area contributed by atoms with E-state index in [4.69, 9.17) is 14.9 Å². The molecule has 1 rings (SSSR count). The molecule has 1 aromatic rings. The average Bonchev–Trinajstić information content (AvgIpc) is 2.31. The van der Waals surface area contributed by atoms with Gasteiger partial charge in [0.2, 0.25) is 0 Å². The Morgan fingerprint density at radius 3 is 2.12 bits per heavy atom. The summed E-state index contributed by atoms with van der Waals surface area (Å²) in [6.45, 7) is 2.62. The molecule has 16 heavy (non-hydrogen) atoms. The predicted octanol–water partition coefficient (Wildman–Crippen LogP) is 1.30. The molecule has 1 aromatic carbocycles. The van der Waals surface area contributed by atoms with Crippen LogP contribution in [0.5, 0.6) is 5.75 Å². The van der Waals surface area contributed by atoms with Crippen LogP contribution in [0.4, 0.5) is 0 Å². The Bertz CT molecular complexity index is 311. The van der Waals surface area contributed by atoms with Crippen molar-refractivity contribution in [1.82, 2.24) is 0 Å². The second kappa shape index (κ2) is 6.48. The summed E-state index contributed by atoms with van der Waals surface area (Å²) in [5.41, 5.74) is 1.68. The normalized spacial score (nSPS) is 10.7. The van der Waals surface area contributed by atoms with E-state index in [0.717, 1.165) is 12.0 Å². The minimum Gasteiger partial charge on any atom is -0.507 e. The van der Waals surface area contributed by atoms with Crippen molar-refractivity contribution in [3.63, 3.8) is 0 Å². The van der Waals surface area contributed by atoms with Crippen LogP contribution >= 0.6 is 0 Å². The van der Waals surface area contributed by atoms with Gasteiger partial charge in [-0.2, -0.15) is 0 Å². The first-order valence-electron chi connectivity index (χ1n) is 5.36. The zero-order valence-corrected chi connectivity index (χ0v) is 9.44. The maximum Gasteiger partial charge on any atom is 0.126 e. The first-order chi connectivity index (χ1) is 7.72. The Morgan fingerprint density at radius 2 is 1.69 bits per heavy atom. The van der Waals surface area contributed by atoms with Crippen LogP contribution < -0.4 is 0 Å². The van der Waals surface area contributed by atoms with Crippen molar-refractivity contribution in [1.29, 1.82) is 0 Å². The Morgan fingerprint density at radius 1 is 1.12 bits per heavy atom. The molecule has 0 amide bonds. The molecule has 0 heterocycles. The van der Waals surface area contributed by atoms with Crippen molar-refractivity contribution < 1.29 is 20.1 Å². The topological polar surface area (TPSA) is 69.9 Å². The first-order valence-corrected chi connectivity index (χ1v) is 5.36. The predicted molar refractivity (Wildman–Crippen MR) is 59.9 cm³/mol. The van der Waals surface area contributed by atoms with Gasteiger partial charge >= 0.3 is 0 Å². The van der Waals surface area contributed by atoms with E-state index in [1.165, 1.54) is 0 Å². The van der Waals surface area contributed by atoms with E-state index in [1.54, 1.807) is 12.1 Å². The van der Waals surface area contributed by atoms with Crippen molar-refractivity contribution in [3.8, 4) is 5.75 Å². The van der Waals surface area contributed by atoms with Crippen molar-refractivity contribution >= 4 is 0 Å². The first kappa shape index (κ1) is 13.0. The summed E-state index contributed by atoms with van der Waals surface area (Å²) in [6.07, 6.45) is 0.942. The van der Waals surface area contributed by atoms with Gasteiger partial charge in [0, 0.05) is 17.7 Å². The summed E-state index contributed by atoms with van der Waals surface area (Å²) in [5, 5.41) is 27.7. The van der Waals surface area contributed by atoms with Gasteiger partial charge in [-0.3, -0.25) is 0 Å². The number of aliphatic hydroxyl groups excluding tert-OH is 2. The van der Waals surface area contributed by atoms with E-state index in [1.807, 2.05) is 6.92 Å². The Hall–Kier alpha value is -1.10. The van der Waals surface area contributed by atoms with E-state index in [2.05, 4.69) is 0 Å². The molecular formula is C12H18O4. The number of aliphatic hydroxyl groups is 2. The zero-order valence-electron chi connectivity index (χ0n) is 9.44. The third-order valence-corrected chi connectivity index (χ3v) is 2.29. The van der Waals surface area contributed by atoms with E-state index < -0.39 is 0 Å². The number of phenols is 1. The SMILES string of the molecule is CCCOCc1cc(CO)c(O)c(CO)c1. The molecule has 0 aliphatic heterocycles. The summed E-state index contributed by atoms with van der Waals surface area (Å²) < 4.78 is 5.36. The number of benzene rings is 1. The molecule has 0 saturated carbocycles. The number of rotatable bonds is 6. The van der Waals surface area contributed by atoms with Gasteiger partial charge in [-0.1, -0.05) is 6.92 Å². The fourth-order valence-electron chi connectivity index (χ4n) is 1.49. The van der Waals surface area contributed by atoms with E-state index in [-0.39, 0.29) is 19.0 Å². The van der Waals surface area contributed by atoms with Crippen LogP contribution in [0.1, 0.15) is 30.0 Å². The molecular weight excluding hydrogens is 208 g/mol. The van der Waals surface area contributed by atoms with Crippen LogP contribution in [0.25, 0.3) is 0 Å². The standard InChI is InChI=1S/C12H18O4/c1-2-3-16-8-9-4-10(6-13)12(15)11(5-9)7-14/h4-5,13-15H,2-3,6-8H2,1H3. The lowest BCUT2D eigenvalue weighted by molar-refractivity contribution is 0.121. The molecule has 0 saturated heterocycles. The third-order valence-electron chi connectivity index (χ3n) is 2.29. The molecule has 0 unspecified atom stereocenters. The van der Waals surface area contributed by atoms with Gasteiger partial charge in [0.15, 0.2) is 0 Å². The number of hydrogen-bond donors (Lipinski definition) is 3. The van der Waals surface area contributed by atoms with Crippen LogP contribution in [-0.4, -0.2) is 21.9 Å². The number of hydrogen-bond acceptors (Lipinski definition) is 4. The Labute approximate surface area is 95.1 Å². The quantitative estimate of drug-likeness (QED) is 0.639. The lowest BCUT2D eigenvalue weighted by Crippen LogP contribution is -1.99. The molecule has 0 aliphatic carbocycles. The van der Waals surface area contributed by atoms with Gasteiger partial charge in [0.05, 0.1) is 19.8 Å². The Kier molecular flexibility index (Phi) is 5.25. The molecule has 0 bridgehead atoms. The fourth-order valence-corrected chi connectivity index (χ4v) is 1.49. The minimum atomic E-state index is -0.250. The summed E-state index contributed by atoms with van der Waals surface area (Å²) in [7, 11) is 0. The van der Waals surface area contributed by atoms with Gasteiger partial charge < -0.3 is 20.1 Å². The van der Waals surface area contributed by atoms with Crippen molar-refractivity contribution in [2.45, 2.75) is 33.2 Å². The second-order valence-corrected chi connectivity index (χ2v) is 3.63. The third kappa shape index (κ3) is 3.20. The summed E-state index contributed by atoms with van der Waals surface area (Å²) in [5.74, 6) is -0.0377. The minimum absolute atomic E-state index is 0.0377. The fraction of sp³-hybridized carbons (Fsp3) is 0.500. The maximum atomic E-state index is 9.62. The van der Waals surface area contributed by atoms with Crippen LogP contribution in [0.2, 0.25) is 0 Å². The molecule has 4 nitrogen and oxygen atoms in total. The maximum absolute atomic E-state index is 9.62. The average molecular weight is 226 g/mol. The molecule has 0 atom stereocenters. The highest BCUT2D eigenvalue weighted by Crippen LogP contribution is 2.25. The van der Waals surface area contributed by atoms with E-state index in [0.29, 0.717) is 24.3 Å². The van der Waals surface area contributed by atoms with Crippen LogP contribution in [0.15, 0.2) is 12.1 Å². The largest absolute Gasteiger partial charge is 0.507 e.